The molecule has 0 spiro atoms. The average Bonchev–Trinajstić information content (AvgIpc) is 3.34. The first kappa shape index (κ1) is 17.9. The molecule has 0 N–H and O–H groups in total. The van der Waals surface area contributed by atoms with Crippen molar-refractivity contribution in [1.82, 2.24) is 24.8 Å². The van der Waals surface area contributed by atoms with Crippen LogP contribution in [0.25, 0.3) is 27.1 Å². The molecular formula is C20H15N5O2S2. The molecule has 0 saturated carbocycles. The summed E-state index contributed by atoms with van der Waals surface area (Å²) >= 11 is 1.60. The number of hydrogen-bond acceptors (Lipinski definition) is 7. The smallest absolute Gasteiger partial charge is 0.177 e. The van der Waals surface area contributed by atoms with E-state index >= 15 is 0 Å². The molecule has 0 bridgehead atoms. The van der Waals surface area contributed by atoms with Crippen molar-refractivity contribution >= 4 is 37.0 Å². The molecule has 3 aromatic heterocycles. The van der Waals surface area contributed by atoms with E-state index in [9.17, 15) is 8.42 Å². The lowest BCUT2D eigenvalue weighted by molar-refractivity contribution is 0.602. The lowest BCUT2D eigenvalue weighted by atomic mass is 10.1. The SMILES string of the molecule is CS(=O)(=O)c1cccc(-c2ccc3nnc(Cc4ccc5ncsc5c4)n3n2)c1. The summed E-state index contributed by atoms with van der Waals surface area (Å²) < 4.78 is 26.6. The first-order valence-corrected chi connectivity index (χ1v) is 11.6. The van der Waals surface area contributed by atoms with Crippen molar-refractivity contribution in [1.29, 1.82) is 0 Å². The Balaban J connectivity index is 1.55. The van der Waals surface area contributed by atoms with Crippen LogP contribution in [0.2, 0.25) is 0 Å². The van der Waals surface area contributed by atoms with E-state index in [-0.39, 0.29) is 4.90 Å². The molecule has 0 unspecified atom stereocenters. The molecule has 29 heavy (non-hydrogen) atoms. The fourth-order valence-corrected chi connectivity index (χ4v) is 4.58. The van der Waals surface area contributed by atoms with E-state index in [2.05, 4.69) is 26.3 Å². The van der Waals surface area contributed by atoms with Gasteiger partial charge in [-0.3, -0.25) is 0 Å². The van der Waals surface area contributed by atoms with Gasteiger partial charge in [0.25, 0.3) is 0 Å². The van der Waals surface area contributed by atoms with Gasteiger partial charge in [0.2, 0.25) is 0 Å². The van der Waals surface area contributed by atoms with Crippen molar-refractivity contribution in [3.05, 3.63) is 71.5 Å². The van der Waals surface area contributed by atoms with Gasteiger partial charge in [-0.1, -0.05) is 18.2 Å². The fraction of sp³-hybridized carbons (Fsp3) is 0.100. The Morgan fingerprint density at radius 1 is 1.03 bits per heavy atom. The topological polar surface area (TPSA) is 90.1 Å². The van der Waals surface area contributed by atoms with Crippen LogP contribution in [0.15, 0.2) is 65.0 Å². The van der Waals surface area contributed by atoms with Crippen LogP contribution in [0.5, 0.6) is 0 Å². The third-order valence-electron chi connectivity index (χ3n) is 4.64. The Hall–Kier alpha value is -3.17. The molecule has 0 radical (unpaired) electrons. The maximum atomic E-state index is 11.9. The molecule has 0 aliphatic heterocycles. The van der Waals surface area contributed by atoms with E-state index in [0.29, 0.717) is 23.6 Å². The summed E-state index contributed by atoms with van der Waals surface area (Å²) in [5, 5.41) is 13.2. The van der Waals surface area contributed by atoms with Crippen LogP contribution in [0.1, 0.15) is 11.4 Å². The second-order valence-corrected chi connectivity index (χ2v) is 9.64. The van der Waals surface area contributed by atoms with Crippen LogP contribution >= 0.6 is 11.3 Å². The Bertz CT molecular complexity index is 1470. The number of aromatic nitrogens is 5. The van der Waals surface area contributed by atoms with Crippen molar-refractivity contribution in [2.24, 2.45) is 0 Å². The monoisotopic (exact) mass is 421 g/mol. The number of benzene rings is 2. The number of sulfone groups is 1. The average molecular weight is 422 g/mol. The van der Waals surface area contributed by atoms with Gasteiger partial charge in [-0.25, -0.2) is 13.4 Å². The van der Waals surface area contributed by atoms with Gasteiger partial charge >= 0.3 is 0 Å². The number of hydrogen-bond donors (Lipinski definition) is 0. The predicted molar refractivity (Wildman–Crippen MR) is 112 cm³/mol. The van der Waals surface area contributed by atoms with Crippen molar-refractivity contribution < 1.29 is 8.42 Å². The van der Waals surface area contributed by atoms with Gasteiger partial charge in [0.1, 0.15) is 0 Å². The van der Waals surface area contributed by atoms with Gasteiger partial charge in [-0.05, 0) is 42.0 Å². The third-order valence-corrected chi connectivity index (χ3v) is 6.55. The third kappa shape index (κ3) is 3.39. The molecule has 0 aliphatic carbocycles. The maximum Gasteiger partial charge on any atom is 0.177 e. The highest BCUT2D eigenvalue weighted by atomic mass is 32.2. The van der Waals surface area contributed by atoms with E-state index in [0.717, 1.165) is 21.3 Å². The first-order valence-electron chi connectivity index (χ1n) is 8.81. The molecule has 0 aliphatic rings. The molecule has 0 fully saturated rings. The van der Waals surface area contributed by atoms with Crippen LogP contribution in [-0.2, 0) is 16.3 Å². The van der Waals surface area contributed by atoms with E-state index in [1.165, 1.54) is 6.26 Å². The Morgan fingerprint density at radius 3 is 2.79 bits per heavy atom. The highest BCUT2D eigenvalue weighted by Gasteiger charge is 2.12. The lowest BCUT2D eigenvalue weighted by Gasteiger charge is -2.05. The fourth-order valence-electron chi connectivity index (χ4n) is 3.18. The van der Waals surface area contributed by atoms with Gasteiger partial charge in [-0.15, -0.1) is 21.5 Å². The van der Waals surface area contributed by atoms with Crippen LogP contribution in [0, 0.1) is 0 Å². The summed E-state index contributed by atoms with van der Waals surface area (Å²) in [5.41, 5.74) is 5.93. The van der Waals surface area contributed by atoms with E-state index in [1.54, 1.807) is 34.1 Å². The summed E-state index contributed by atoms with van der Waals surface area (Å²) in [6, 6.07) is 16.6. The molecule has 3 heterocycles. The summed E-state index contributed by atoms with van der Waals surface area (Å²) in [6.07, 6.45) is 1.77. The quantitative estimate of drug-likeness (QED) is 0.442. The predicted octanol–water partition coefficient (Wildman–Crippen LogP) is 3.40. The molecule has 0 amide bonds. The molecule has 9 heteroatoms. The van der Waals surface area contributed by atoms with Gasteiger partial charge in [0, 0.05) is 18.2 Å². The summed E-state index contributed by atoms with van der Waals surface area (Å²) in [4.78, 5) is 4.57. The second kappa shape index (κ2) is 6.71. The Morgan fingerprint density at radius 2 is 1.93 bits per heavy atom. The van der Waals surface area contributed by atoms with E-state index in [4.69, 9.17) is 0 Å². The van der Waals surface area contributed by atoms with Crippen LogP contribution in [-0.4, -0.2) is 39.5 Å². The van der Waals surface area contributed by atoms with Gasteiger partial charge in [0.05, 0.1) is 26.3 Å². The van der Waals surface area contributed by atoms with Crippen molar-refractivity contribution in [3.8, 4) is 11.3 Å². The molecule has 0 saturated heterocycles. The summed E-state index contributed by atoms with van der Waals surface area (Å²) in [5.74, 6) is 0.713. The Kier molecular flexibility index (Phi) is 4.14. The normalized spacial score (nSPS) is 12.0. The minimum Gasteiger partial charge on any atom is -0.245 e. The zero-order valence-corrected chi connectivity index (χ0v) is 17.0. The van der Waals surface area contributed by atoms with Crippen LogP contribution < -0.4 is 0 Å². The molecule has 7 nitrogen and oxygen atoms in total. The lowest BCUT2D eigenvalue weighted by Crippen LogP contribution is -2.02. The molecule has 2 aromatic carbocycles. The van der Waals surface area contributed by atoms with E-state index in [1.807, 2.05) is 35.8 Å². The molecule has 0 atom stereocenters. The van der Waals surface area contributed by atoms with Crippen LogP contribution in [0.4, 0.5) is 0 Å². The van der Waals surface area contributed by atoms with Crippen molar-refractivity contribution in [3.63, 3.8) is 0 Å². The van der Waals surface area contributed by atoms with E-state index < -0.39 is 9.84 Å². The molecular weight excluding hydrogens is 406 g/mol. The number of thiazole rings is 1. The highest BCUT2D eigenvalue weighted by molar-refractivity contribution is 7.90. The zero-order chi connectivity index (χ0) is 20.0. The van der Waals surface area contributed by atoms with Gasteiger partial charge in [-0.2, -0.15) is 9.61 Å². The number of rotatable bonds is 4. The largest absolute Gasteiger partial charge is 0.245 e. The molecule has 5 rings (SSSR count). The summed E-state index contributed by atoms with van der Waals surface area (Å²) in [7, 11) is -3.29. The molecule has 5 aromatic rings. The maximum absolute atomic E-state index is 11.9. The number of fused-ring (bicyclic) bond motifs is 2. The van der Waals surface area contributed by atoms with Gasteiger partial charge in [0.15, 0.2) is 21.3 Å². The van der Waals surface area contributed by atoms with Gasteiger partial charge < -0.3 is 0 Å². The Labute approximate surface area is 170 Å². The summed E-state index contributed by atoms with van der Waals surface area (Å²) in [6.45, 7) is 0. The highest BCUT2D eigenvalue weighted by Crippen LogP contribution is 2.23. The first-order chi connectivity index (χ1) is 14.0. The van der Waals surface area contributed by atoms with Crippen molar-refractivity contribution in [2.45, 2.75) is 11.3 Å². The van der Waals surface area contributed by atoms with Crippen molar-refractivity contribution in [2.75, 3.05) is 6.26 Å². The molecule has 144 valence electrons. The zero-order valence-electron chi connectivity index (χ0n) is 15.3. The minimum atomic E-state index is -3.29. The second-order valence-electron chi connectivity index (χ2n) is 6.74. The minimum absolute atomic E-state index is 0.263. The van der Waals surface area contributed by atoms with Crippen LogP contribution in [0.3, 0.4) is 0 Å². The standard InChI is InChI=1S/C20H15N5O2S2/c1-29(26,27)15-4-2-3-14(11-15)16-7-8-19-22-23-20(25(19)24-16)10-13-5-6-17-18(9-13)28-12-21-17/h2-9,11-12H,10H2,1H3. The number of nitrogens with zero attached hydrogens (tertiary/aromatic N) is 5.